The quantitative estimate of drug-likeness (QED) is 0.301. The first-order chi connectivity index (χ1) is 18.5. The molecule has 12 nitrogen and oxygen atoms in total. The molecular weight excluding hydrogens is 523 g/mol. The predicted octanol–water partition coefficient (Wildman–Crippen LogP) is -0.360. The van der Waals surface area contributed by atoms with Crippen LogP contribution in [0.2, 0.25) is 0 Å². The fourth-order valence-electron chi connectivity index (χ4n) is 4.34. The Bertz CT molecular complexity index is 1780. The summed E-state index contributed by atoms with van der Waals surface area (Å²) in [5, 5.41) is 5.40. The third kappa shape index (κ3) is 5.40. The number of amides is 2. The first-order valence-electron chi connectivity index (χ1n) is 12.6. The zero-order valence-electron chi connectivity index (χ0n) is 21.8. The van der Waals surface area contributed by atoms with Gasteiger partial charge in [0, 0.05) is 42.1 Å². The summed E-state index contributed by atoms with van der Waals surface area (Å²) >= 11 is 0. The average molecular weight is 550 g/mol. The van der Waals surface area contributed by atoms with Crippen molar-refractivity contribution in [1.29, 1.82) is 0 Å². The zero-order valence-corrected chi connectivity index (χ0v) is 22.6. The van der Waals surface area contributed by atoms with Crippen LogP contribution in [0.3, 0.4) is 0 Å². The van der Waals surface area contributed by atoms with Crippen LogP contribution in [0.15, 0.2) is 32.9 Å². The molecule has 2 fully saturated rings. The van der Waals surface area contributed by atoms with E-state index in [4.69, 9.17) is 0 Å². The van der Waals surface area contributed by atoms with Crippen LogP contribution >= 0.6 is 0 Å². The molecule has 0 bridgehead atoms. The van der Waals surface area contributed by atoms with E-state index in [1.54, 1.807) is 26.0 Å². The minimum absolute atomic E-state index is 0.0111. The van der Waals surface area contributed by atoms with E-state index in [1.165, 1.54) is 11.6 Å². The summed E-state index contributed by atoms with van der Waals surface area (Å²) in [4.78, 5) is 54.8. The van der Waals surface area contributed by atoms with Crippen molar-refractivity contribution in [2.45, 2.75) is 43.8 Å². The molecule has 0 aliphatic heterocycles. The molecule has 3 aromatic rings. The van der Waals surface area contributed by atoms with E-state index in [-0.39, 0.29) is 53.0 Å². The van der Waals surface area contributed by atoms with Crippen molar-refractivity contribution >= 4 is 52.0 Å². The number of sulfone groups is 1. The van der Waals surface area contributed by atoms with E-state index >= 15 is 0 Å². The normalized spacial score (nSPS) is 15.0. The summed E-state index contributed by atoms with van der Waals surface area (Å²) in [6.45, 7) is -0.182. The number of carbonyl (C=O) groups excluding carboxylic acids is 2. The highest BCUT2D eigenvalue weighted by Crippen LogP contribution is 2.32. The van der Waals surface area contributed by atoms with Crippen LogP contribution in [0, 0.1) is 23.7 Å². The number of nitrogens with one attached hydrogen (secondary N) is 2. The van der Waals surface area contributed by atoms with Gasteiger partial charge in [-0.1, -0.05) is 11.8 Å². The van der Waals surface area contributed by atoms with Gasteiger partial charge in [-0.3, -0.25) is 23.5 Å². The van der Waals surface area contributed by atoms with Gasteiger partial charge < -0.3 is 15.2 Å². The second-order valence-electron chi connectivity index (χ2n) is 9.94. The SMILES string of the molecule is BCn1c(=O)c2c(nc(S(C)(=O)=O)n2C)n(CC#Cc2cc(NC(=O)C3CC3)cc(NC(=O)C3CC3)c2)c1=O. The van der Waals surface area contributed by atoms with Crippen LogP contribution < -0.4 is 21.9 Å². The molecular formula is C25H27BN6O6S. The Balaban J connectivity index is 1.53. The smallest absolute Gasteiger partial charge is 0.326 e. The molecule has 2 aromatic heterocycles. The van der Waals surface area contributed by atoms with E-state index in [0.29, 0.717) is 16.9 Å². The molecule has 0 radical (unpaired) electrons. The van der Waals surface area contributed by atoms with Crippen molar-refractivity contribution < 1.29 is 18.0 Å². The standard InChI is InChI=1S/C25H27BN6O6S/c1-30-19-20(29-24(30)39(2,37)38)31(25(36)32(13-26)23(19)35)9-3-4-14-10-17(27-21(33)15-5-6-15)12-18(11-14)28-22(34)16-7-8-16/h10-12,15-16H,5-9,13,26H2,1-2H3,(H,27,33)(H,28,34). The summed E-state index contributed by atoms with van der Waals surface area (Å²) in [6.07, 6.45) is 4.42. The van der Waals surface area contributed by atoms with Crippen LogP contribution in [0.4, 0.5) is 11.4 Å². The molecule has 0 saturated heterocycles. The minimum Gasteiger partial charge on any atom is -0.326 e. The summed E-state index contributed by atoms with van der Waals surface area (Å²) in [5.74, 6) is 5.64. The number of fused-ring (bicyclic) bond motifs is 1. The number of aryl methyl sites for hydroxylation is 1. The van der Waals surface area contributed by atoms with E-state index in [0.717, 1.165) is 41.1 Å². The highest BCUT2D eigenvalue weighted by atomic mass is 32.2. The fraction of sp³-hybridized carbons (Fsp3) is 0.400. The van der Waals surface area contributed by atoms with Gasteiger partial charge in [0.2, 0.25) is 26.8 Å². The lowest BCUT2D eigenvalue weighted by atomic mass is 10.1. The molecule has 0 atom stereocenters. The second-order valence-corrected chi connectivity index (χ2v) is 11.9. The molecule has 2 saturated carbocycles. The molecule has 2 aliphatic rings. The number of aromatic nitrogens is 4. The predicted molar refractivity (Wildman–Crippen MR) is 147 cm³/mol. The van der Waals surface area contributed by atoms with E-state index < -0.39 is 21.1 Å². The third-order valence-electron chi connectivity index (χ3n) is 6.68. The van der Waals surface area contributed by atoms with Crippen molar-refractivity contribution in [3.63, 3.8) is 0 Å². The lowest BCUT2D eigenvalue weighted by Crippen LogP contribution is -2.40. The maximum atomic E-state index is 13.1. The van der Waals surface area contributed by atoms with Gasteiger partial charge in [-0.15, -0.1) is 0 Å². The Morgan fingerprint density at radius 1 is 1.03 bits per heavy atom. The molecule has 39 heavy (non-hydrogen) atoms. The van der Waals surface area contributed by atoms with Gasteiger partial charge in [0.1, 0.15) is 7.85 Å². The fourth-order valence-corrected chi connectivity index (χ4v) is 5.18. The molecule has 2 heterocycles. The van der Waals surface area contributed by atoms with Crippen LogP contribution in [0.1, 0.15) is 31.2 Å². The molecule has 14 heteroatoms. The van der Waals surface area contributed by atoms with E-state index in [2.05, 4.69) is 27.5 Å². The lowest BCUT2D eigenvalue weighted by molar-refractivity contribution is -0.118. The first kappa shape index (κ1) is 26.5. The maximum Gasteiger partial charge on any atom is 0.332 e. The summed E-state index contributed by atoms with van der Waals surface area (Å²) in [6, 6.07) is 5.03. The van der Waals surface area contributed by atoms with Crippen molar-refractivity contribution in [2.24, 2.45) is 18.9 Å². The third-order valence-corrected chi connectivity index (χ3v) is 7.71. The summed E-state index contributed by atoms with van der Waals surface area (Å²) in [5.41, 5.74) is 0.0776. The molecule has 5 rings (SSSR count). The Hall–Kier alpha value is -4.12. The van der Waals surface area contributed by atoms with Gasteiger partial charge in [0.05, 0.1) is 6.54 Å². The maximum absolute atomic E-state index is 13.1. The van der Waals surface area contributed by atoms with Crippen molar-refractivity contribution in [3.8, 4) is 11.8 Å². The number of benzene rings is 1. The molecule has 2 N–H and O–H groups in total. The van der Waals surface area contributed by atoms with Crippen LogP contribution in [-0.4, -0.2) is 53.0 Å². The van der Waals surface area contributed by atoms with Crippen LogP contribution in [0.25, 0.3) is 11.2 Å². The van der Waals surface area contributed by atoms with E-state index in [1.807, 2.05) is 0 Å². The molecule has 0 spiro atoms. The Kier molecular flexibility index (Phi) is 6.71. The van der Waals surface area contributed by atoms with Gasteiger partial charge in [-0.05, 0) is 50.3 Å². The highest BCUT2D eigenvalue weighted by molar-refractivity contribution is 7.90. The van der Waals surface area contributed by atoms with Crippen LogP contribution in [0.5, 0.6) is 0 Å². The number of hydrogen-bond donors (Lipinski definition) is 2. The lowest BCUT2D eigenvalue weighted by Gasteiger charge is -2.10. The molecule has 2 amide bonds. The average Bonchev–Trinajstić information content (AvgIpc) is 3.77. The monoisotopic (exact) mass is 550 g/mol. The summed E-state index contributed by atoms with van der Waals surface area (Å²) in [7, 11) is -0.729. The van der Waals surface area contributed by atoms with E-state index in [9.17, 15) is 27.6 Å². The van der Waals surface area contributed by atoms with Crippen LogP contribution in [-0.2, 0) is 39.5 Å². The number of hydrogen-bond acceptors (Lipinski definition) is 7. The molecule has 202 valence electrons. The van der Waals surface area contributed by atoms with Gasteiger partial charge in [0.25, 0.3) is 5.56 Å². The van der Waals surface area contributed by atoms with Gasteiger partial charge in [-0.2, -0.15) is 4.98 Å². The van der Waals surface area contributed by atoms with Crippen molar-refractivity contribution in [1.82, 2.24) is 18.7 Å². The van der Waals surface area contributed by atoms with Gasteiger partial charge in [-0.25, -0.2) is 13.2 Å². The number of anilines is 2. The number of carbonyl (C=O) groups is 2. The molecule has 1 aromatic carbocycles. The highest BCUT2D eigenvalue weighted by Gasteiger charge is 2.31. The first-order valence-corrected chi connectivity index (χ1v) is 14.5. The number of rotatable bonds is 7. The minimum atomic E-state index is -3.77. The largest absolute Gasteiger partial charge is 0.332 e. The topological polar surface area (TPSA) is 154 Å². The zero-order chi connectivity index (χ0) is 28.1. The Morgan fingerprint density at radius 3 is 2.08 bits per heavy atom. The van der Waals surface area contributed by atoms with Crippen molar-refractivity contribution in [3.05, 3.63) is 44.6 Å². The number of nitrogens with zero attached hydrogens (tertiary/aromatic N) is 4. The molecule has 0 unspecified atom stereocenters. The van der Waals surface area contributed by atoms with Crippen molar-refractivity contribution in [2.75, 3.05) is 16.9 Å². The Labute approximate surface area is 224 Å². The Morgan fingerprint density at radius 2 is 1.59 bits per heavy atom. The van der Waals surface area contributed by atoms with Gasteiger partial charge >= 0.3 is 5.69 Å². The summed E-state index contributed by atoms with van der Waals surface area (Å²) < 4.78 is 27.8. The number of imidazole rings is 1. The second kappa shape index (κ2) is 9.89. The van der Waals surface area contributed by atoms with Gasteiger partial charge in [0.15, 0.2) is 11.2 Å². The molecule has 2 aliphatic carbocycles.